The maximum Gasteiger partial charge on any atom is 0.243 e. The van der Waals surface area contributed by atoms with Crippen molar-refractivity contribution in [2.24, 2.45) is 0 Å². The van der Waals surface area contributed by atoms with Crippen molar-refractivity contribution in [3.05, 3.63) is 21.1 Å². The van der Waals surface area contributed by atoms with Gasteiger partial charge in [-0.15, -0.1) is 0 Å². The molecule has 2 unspecified atom stereocenters. The number of nitrogens with one attached hydrogen (secondary N) is 1. The first kappa shape index (κ1) is 18.1. The van der Waals surface area contributed by atoms with Crippen LogP contribution in [0.4, 0.5) is 5.69 Å². The lowest BCUT2D eigenvalue weighted by Gasteiger charge is -2.16. The number of nitrogen functional groups attached to an aromatic ring is 1. The Morgan fingerprint density at radius 3 is 2.30 bits per heavy atom. The van der Waals surface area contributed by atoms with Gasteiger partial charge in [0, 0.05) is 43.5 Å². The SMILES string of the molecule is CC(CCS(C)=O)NS(=O)(=O)c1c(Br)cc(N)cc1Br. The highest BCUT2D eigenvalue weighted by Gasteiger charge is 2.23. The number of hydrogen-bond acceptors (Lipinski definition) is 4. The third kappa shape index (κ3) is 5.10. The van der Waals surface area contributed by atoms with E-state index in [4.69, 9.17) is 5.73 Å². The molecule has 0 bridgehead atoms. The molecular formula is C11H16Br2N2O3S2. The molecule has 1 aromatic rings. The zero-order valence-corrected chi connectivity index (χ0v) is 15.8. The van der Waals surface area contributed by atoms with Crippen LogP contribution in [-0.4, -0.2) is 30.7 Å². The average molecular weight is 448 g/mol. The smallest absolute Gasteiger partial charge is 0.243 e. The van der Waals surface area contributed by atoms with Crippen molar-refractivity contribution >= 4 is 58.4 Å². The fourth-order valence-electron chi connectivity index (χ4n) is 1.56. The zero-order chi connectivity index (χ0) is 15.5. The van der Waals surface area contributed by atoms with Crippen molar-refractivity contribution in [2.45, 2.75) is 24.3 Å². The first-order valence-electron chi connectivity index (χ1n) is 5.70. The summed E-state index contributed by atoms with van der Waals surface area (Å²) in [4.78, 5) is 0.108. The predicted octanol–water partition coefficient (Wildman–Crippen LogP) is 2.23. The van der Waals surface area contributed by atoms with Gasteiger partial charge in [0.2, 0.25) is 10.0 Å². The summed E-state index contributed by atoms with van der Waals surface area (Å²) in [5.41, 5.74) is 6.10. The Balaban J connectivity index is 2.97. The molecule has 0 aliphatic rings. The van der Waals surface area contributed by atoms with Gasteiger partial charge in [0.1, 0.15) is 4.90 Å². The minimum absolute atomic E-state index is 0.108. The summed E-state index contributed by atoms with van der Waals surface area (Å²) < 4.78 is 39.1. The average Bonchev–Trinajstić information content (AvgIpc) is 2.23. The minimum Gasteiger partial charge on any atom is -0.399 e. The molecule has 0 spiro atoms. The largest absolute Gasteiger partial charge is 0.399 e. The van der Waals surface area contributed by atoms with Gasteiger partial charge in [0.05, 0.1) is 0 Å². The molecule has 0 radical (unpaired) electrons. The fraction of sp³-hybridized carbons (Fsp3) is 0.455. The van der Waals surface area contributed by atoms with Crippen molar-refractivity contribution in [1.82, 2.24) is 4.72 Å². The molecule has 2 atom stereocenters. The van der Waals surface area contributed by atoms with Gasteiger partial charge in [0.25, 0.3) is 0 Å². The van der Waals surface area contributed by atoms with Gasteiger partial charge in [-0.25, -0.2) is 13.1 Å². The van der Waals surface area contributed by atoms with Gasteiger partial charge in [-0.05, 0) is 57.3 Å². The molecule has 20 heavy (non-hydrogen) atoms. The third-order valence-electron chi connectivity index (χ3n) is 2.48. The standard InChI is InChI=1S/C11H16Br2N2O3S2/c1-7(3-4-19(2)16)15-20(17,18)11-9(12)5-8(14)6-10(11)13/h5-7,15H,3-4,14H2,1-2H3. The second-order valence-electron chi connectivity index (χ2n) is 4.40. The minimum atomic E-state index is -3.68. The second-order valence-corrected chi connectivity index (χ2v) is 9.32. The molecule has 0 aromatic heterocycles. The molecular weight excluding hydrogens is 432 g/mol. The van der Waals surface area contributed by atoms with Gasteiger partial charge in [-0.2, -0.15) is 0 Å². The molecule has 5 nitrogen and oxygen atoms in total. The van der Waals surface area contributed by atoms with Gasteiger partial charge < -0.3 is 5.73 Å². The summed E-state index contributed by atoms with van der Waals surface area (Å²) in [6.45, 7) is 1.74. The number of nitrogens with two attached hydrogens (primary N) is 1. The number of rotatable bonds is 6. The molecule has 0 saturated heterocycles. The van der Waals surface area contributed by atoms with Crippen LogP contribution in [0.3, 0.4) is 0 Å². The highest BCUT2D eigenvalue weighted by molar-refractivity contribution is 9.11. The summed E-state index contributed by atoms with van der Waals surface area (Å²) in [6.07, 6.45) is 2.10. The summed E-state index contributed by atoms with van der Waals surface area (Å²) in [6, 6.07) is 2.76. The number of anilines is 1. The van der Waals surface area contributed by atoms with Crippen LogP contribution in [0.2, 0.25) is 0 Å². The highest BCUT2D eigenvalue weighted by atomic mass is 79.9. The normalized spacial score (nSPS) is 15.0. The Hall–Kier alpha value is 0.0400. The topological polar surface area (TPSA) is 89.3 Å². The van der Waals surface area contributed by atoms with Crippen molar-refractivity contribution < 1.29 is 12.6 Å². The van der Waals surface area contributed by atoms with Crippen molar-refractivity contribution in [2.75, 3.05) is 17.7 Å². The van der Waals surface area contributed by atoms with E-state index in [0.717, 1.165) is 0 Å². The molecule has 0 aliphatic heterocycles. The van der Waals surface area contributed by atoms with Crippen molar-refractivity contribution in [1.29, 1.82) is 0 Å². The van der Waals surface area contributed by atoms with E-state index in [2.05, 4.69) is 36.6 Å². The lowest BCUT2D eigenvalue weighted by atomic mass is 10.3. The molecule has 1 rings (SSSR count). The van der Waals surface area contributed by atoms with E-state index in [9.17, 15) is 12.6 Å². The Bertz CT molecular complexity index is 597. The Labute approximate surface area is 138 Å². The molecule has 0 amide bonds. The van der Waals surface area contributed by atoms with Crippen LogP contribution < -0.4 is 10.5 Å². The zero-order valence-electron chi connectivity index (χ0n) is 11.0. The van der Waals surface area contributed by atoms with E-state index in [0.29, 0.717) is 26.8 Å². The second kappa shape index (κ2) is 7.35. The lowest BCUT2D eigenvalue weighted by molar-refractivity contribution is 0.555. The highest BCUT2D eigenvalue weighted by Crippen LogP contribution is 2.32. The van der Waals surface area contributed by atoms with E-state index >= 15 is 0 Å². The summed E-state index contributed by atoms with van der Waals surface area (Å²) in [5.74, 6) is 0.452. The summed E-state index contributed by atoms with van der Waals surface area (Å²) in [7, 11) is -4.62. The molecule has 0 saturated carbocycles. The Kier molecular flexibility index (Phi) is 6.65. The van der Waals surface area contributed by atoms with E-state index in [1.807, 2.05) is 0 Å². The van der Waals surface area contributed by atoms with Crippen LogP contribution in [0.5, 0.6) is 0 Å². The van der Waals surface area contributed by atoms with Gasteiger partial charge >= 0.3 is 0 Å². The van der Waals surface area contributed by atoms with Gasteiger partial charge in [-0.3, -0.25) is 4.21 Å². The van der Waals surface area contributed by atoms with Crippen LogP contribution in [0.1, 0.15) is 13.3 Å². The van der Waals surface area contributed by atoms with E-state index in [1.54, 1.807) is 13.2 Å². The summed E-state index contributed by atoms with van der Waals surface area (Å²) in [5, 5.41) is 0. The molecule has 9 heteroatoms. The van der Waals surface area contributed by atoms with Crippen LogP contribution in [0.25, 0.3) is 0 Å². The quantitative estimate of drug-likeness (QED) is 0.654. The number of hydrogen-bond donors (Lipinski definition) is 2. The van der Waals surface area contributed by atoms with E-state index in [-0.39, 0.29) is 10.9 Å². The lowest BCUT2D eigenvalue weighted by Crippen LogP contribution is -2.34. The van der Waals surface area contributed by atoms with Crippen molar-refractivity contribution in [3.63, 3.8) is 0 Å². The molecule has 114 valence electrons. The fourth-order valence-corrected chi connectivity index (χ4v) is 6.14. The van der Waals surface area contributed by atoms with Crippen LogP contribution >= 0.6 is 31.9 Å². The molecule has 1 aromatic carbocycles. The molecule has 0 fully saturated rings. The van der Waals surface area contributed by atoms with Crippen LogP contribution in [0.15, 0.2) is 26.0 Å². The molecule has 3 N–H and O–H groups in total. The van der Waals surface area contributed by atoms with Crippen LogP contribution in [-0.2, 0) is 20.8 Å². The third-order valence-corrected chi connectivity index (χ3v) is 6.76. The number of halogens is 2. The predicted molar refractivity (Wildman–Crippen MR) is 89.6 cm³/mol. The number of benzene rings is 1. The molecule has 0 heterocycles. The van der Waals surface area contributed by atoms with Gasteiger partial charge in [-0.1, -0.05) is 0 Å². The summed E-state index contributed by atoms with van der Waals surface area (Å²) >= 11 is 6.42. The van der Waals surface area contributed by atoms with E-state index < -0.39 is 20.8 Å². The Morgan fingerprint density at radius 2 is 1.85 bits per heavy atom. The van der Waals surface area contributed by atoms with Crippen molar-refractivity contribution in [3.8, 4) is 0 Å². The first-order valence-corrected chi connectivity index (χ1v) is 10.5. The maximum absolute atomic E-state index is 12.4. The first-order chi connectivity index (χ1) is 9.13. The van der Waals surface area contributed by atoms with Gasteiger partial charge in [0.15, 0.2) is 0 Å². The molecule has 0 aliphatic carbocycles. The number of sulfonamides is 1. The maximum atomic E-state index is 12.4. The van der Waals surface area contributed by atoms with E-state index in [1.165, 1.54) is 12.1 Å². The Morgan fingerprint density at radius 1 is 1.35 bits per heavy atom. The van der Waals surface area contributed by atoms with Crippen LogP contribution in [0, 0.1) is 0 Å². The monoisotopic (exact) mass is 446 g/mol.